The standard InChI is InChI=1S/C27H24N2O2S/c1-18-6-5-9-25(19(18)2)29-26(30)17-32-24-14-12-23(13-15-24)28-27(31)22-11-10-20-7-3-4-8-21(20)16-22/h3-16H,17H2,1-2H3,(H,28,31)(H,29,30). The van der Waals surface area contributed by atoms with E-state index in [1.165, 1.54) is 11.8 Å². The summed E-state index contributed by atoms with van der Waals surface area (Å²) in [6, 6.07) is 27.0. The van der Waals surface area contributed by atoms with Gasteiger partial charge in [-0.3, -0.25) is 9.59 Å². The van der Waals surface area contributed by atoms with Gasteiger partial charge in [-0.1, -0.05) is 42.5 Å². The summed E-state index contributed by atoms with van der Waals surface area (Å²) in [5, 5.41) is 8.04. The molecular weight excluding hydrogens is 416 g/mol. The van der Waals surface area contributed by atoms with E-state index in [1.54, 1.807) is 0 Å². The Labute approximate surface area is 192 Å². The molecule has 0 aliphatic heterocycles. The van der Waals surface area contributed by atoms with Crippen LogP contribution < -0.4 is 10.6 Å². The maximum atomic E-state index is 12.6. The van der Waals surface area contributed by atoms with Crippen molar-refractivity contribution >= 4 is 45.7 Å². The molecule has 4 aromatic rings. The topological polar surface area (TPSA) is 58.2 Å². The first-order chi connectivity index (χ1) is 15.5. The maximum absolute atomic E-state index is 12.6. The Kier molecular flexibility index (Phi) is 6.57. The van der Waals surface area contributed by atoms with Crippen molar-refractivity contribution in [3.8, 4) is 0 Å². The Hall–Kier alpha value is -3.57. The lowest BCUT2D eigenvalue weighted by Gasteiger charge is -2.10. The summed E-state index contributed by atoms with van der Waals surface area (Å²) in [4.78, 5) is 25.9. The van der Waals surface area contributed by atoms with Gasteiger partial charge in [0.1, 0.15) is 0 Å². The molecule has 160 valence electrons. The minimum absolute atomic E-state index is 0.0441. The highest BCUT2D eigenvalue weighted by molar-refractivity contribution is 8.00. The number of carbonyl (C=O) groups excluding carboxylic acids is 2. The number of aryl methyl sites for hydroxylation is 1. The molecule has 32 heavy (non-hydrogen) atoms. The third-order valence-corrected chi connectivity index (χ3v) is 6.38. The second-order valence-electron chi connectivity index (χ2n) is 7.62. The van der Waals surface area contributed by atoms with Crippen LogP contribution in [0.1, 0.15) is 21.5 Å². The molecule has 0 aromatic heterocycles. The highest BCUT2D eigenvalue weighted by Gasteiger charge is 2.09. The Morgan fingerprint density at radius 2 is 1.53 bits per heavy atom. The number of benzene rings is 4. The predicted molar refractivity (Wildman–Crippen MR) is 134 cm³/mol. The average molecular weight is 441 g/mol. The van der Waals surface area contributed by atoms with Crippen molar-refractivity contribution in [3.63, 3.8) is 0 Å². The first-order valence-corrected chi connectivity index (χ1v) is 11.4. The molecule has 4 nitrogen and oxygen atoms in total. The molecule has 0 fully saturated rings. The summed E-state index contributed by atoms with van der Waals surface area (Å²) in [6.45, 7) is 4.03. The summed E-state index contributed by atoms with van der Waals surface area (Å²) in [6.07, 6.45) is 0. The van der Waals surface area contributed by atoms with Crippen molar-refractivity contribution in [2.45, 2.75) is 18.7 Å². The van der Waals surface area contributed by atoms with Crippen LogP contribution in [0.4, 0.5) is 11.4 Å². The van der Waals surface area contributed by atoms with Crippen LogP contribution in [-0.2, 0) is 4.79 Å². The van der Waals surface area contributed by atoms with Gasteiger partial charge in [-0.15, -0.1) is 11.8 Å². The van der Waals surface area contributed by atoms with Crippen molar-refractivity contribution in [3.05, 3.63) is 102 Å². The van der Waals surface area contributed by atoms with Gasteiger partial charge in [0, 0.05) is 21.8 Å². The van der Waals surface area contributed by atoms with Crippen molar-refractivity contribution in [1.29, 1.82) is 0 Å². The Bertz CT molecular complexity index is 1280. The van der Waals surface area contributed by atoms with Crippen LogP contribution in [-0.4, -0.2) is 17.6 Å². The molecule has 0 saturated heterocycles. The number of fused-ring (bicyclic) bond motifs is 1. The van der Waals surface area contributed by atoms with Gasteiger partial charge in [0.15, 0.2) is 0 Å². The summed E-state index contributed by atoms with van der Waals surface area (Å²) >= 11 is 1.46. The van der Waals surface area contributed by atoms with Crippen LogP contribution in [0.15, 0.2) is 89.8 Å². The number of rotatable bonds is 6. The Balaban J connectivity index is 1.33. The molecule has 0 unspecified atom stereocenters. The molecule has 5 heteroatoms. The number of anilines is 2. The van der Waals surface area contributed by atoms with E-state index in [0.29, 0.717) is 17.0 Å². The van der Waals surface area contributed by atoms with Gasteiger partial charge in [-0.25, -0.2) is 0 Å². The van der Waals surface area contributed by atoms with Crippen molar-refractivity contribution in [2.75, 3.05) is 16.4 Å². The second-order valence-corrected chi connectivity index (χ2v) is 8.67. The van der Waals surface area contributed by atoms with E-state index < -0.39 is 0 Å². The third kappa shape index (κ3) is 5.18. The van der Waals surface area contributed by atoms with E-state index >= 15 is 0 Å². The molecule has 2 N–H and O–H groups in total. The smallest absolute Gasteiger partial charge is 0.255 e. The van der Waals surface area contributed by atoms with Crippen LogP contribution in [0, 0.1) is 13.8 Å². The van der Waals surface area contributed by atoms with Crippen LogP contribution in [0.2, 0.25) is 0 Å². The summed E-state index contributed by atoms with van der Waals surface area (Å²) in [5.74, 6) is 0.123. The van der Waals surface area contributed by atoms with Crippen LogP contribution in [0.25, 0.3) is 10.8 Å². The molecule has 0 aliphatic rings. The molecule has 0 aliphatic carbocycles. The fourth-order valence-corrected chi connectivity index (χ4v) is 4.09. The third-order valence-electron chi connectivity index (χ3n) is 5.37. The zero-order chi connectivity index (χ0) is 22.5. The highest BCUT2D eigenvalue weighted by atomic mass is 32.2. The van der Waals surface area contributed by atoms with Gasteiger partial charge >= 0.3 is 0 Å². The van der Waals surface area contributed by atoms with Gasteiger partial charge in [0.05, 0.1) is 5.75 Å². The van der Waals surface area contributed by atoms with Crippen LogP contribution >= 0.6 is 11.8 Å². The summed E-state index contributed by atoms with van der Waals surface area (Å²) in [7, 11) is 0. The zero-order valence-corrected chi connectivity index (χ0v) is 18.8. The normalized spacial score (nSPS) is 10.7. The van der Waals surface area contributed by atoms with Gasteiger partial charge in [0.25, 0.3) is 5.91 Å². The minimum Gasteiger partial charge on any atom is -0.325 e. The lowest BCUT2D eigenvalue weighted by atomic mass is 10.1. The molecule has 0 atom stereocenters. The van der Waals surface area contributed by atoms with E-state index in [2.05, 4.69) is 10.6 Å². The van der Waals surface area contributed by atoms with E-state index in [4.69, 9.17) is 0 Å². The minimum atomic E-state index is -0.149. The van der Waals surface area contributed by atoms with Crippen LogP contribution in [0.5, 0.6) is 0 Å². The fraction of sp³-hybridized carbons (Fsp3) is 0.111. The number of amides is 2. The lowest BCUT2D eigenvalue weighted by Crippen LogP contribution is -2.15. The molecule has 0 radical (unpaired) electrons. The average Bonchev–Trinajstić information content (AvgIpc) is 2.81. The van der Waals surface area contributed by atoms with E-state index in [0.717, 1.165) is 32.5 Å². The maximum Gasteiger partial charge on any atom is 0.255 e. The van der Waals surface area contributed by atoms with E-state index in [1.807, 2.05) is 98.8 Å². The summed E-state index contributed by atoms with van der Waals surface area (Å²) < 4.78 is 0. The molecule has 2 amide bonds. The molecule has 0 spiro atoms. The van der Waals surface area contributed by atoms with Gasteiger partial charge in [-0.05, 0) is 78.2 Å². The monoisotopic (exact) mass is 440 g/mol. The first kappa shape index (κ1) is 21.7. The molecule has 0 heterocycles. The second kappa shape index (κ2) is 9.71. The number of carbonyl (C=O) groups is 2. The Morgan fingerprint density at radius 3 is 2.31 bits per heavy atom. The first-order valence-electron chi connectivity index (χ1n) is 10.4. The highest BCUT2D eigenvalue weighted by Crippen LogP contribution is 2.23. The Morgan fingerprint density at radius 1 is 0.781 bits per heavy atom. The fourth-order valence-electron chi connectivity index (χ4n) is 3.39. The van der Waals surface area contributed by atoms with E-state index in [-0.39, 0.29) is 11.8 Å². The van der Waals surface area contributed by atoms with E-state index in [9.17, 15) is 9.59 Å². The van der Waals surface area contributed by atoms with Gasteiger partial charge in [-0.2, -0.15) is 0 Å². The number of nitrogens with one attached hydrogen (secondary N) is 2. The number of hydrogen-bond donors (Lipinski definition) is 2. The van der Waals surface area contributed by atoms with Crippen LogP contribution in [0.3, 0.4) is 0 Å². The SMILES string of the molecule is Cc1cccc(NC(=O)CSc2ccc(NC(=O)c3ccc4ccccc4c3)cc2)c1C. The lowest BCUT2D eigenvalue weighted by molar-refractivity contribution is -0.113. The van der Waals surface area contributed by atoms with Crippen molar-refractivity contribution in [2.24, 2.45) is 0 Å². The van der Waals surface area contributed by atoms with Crippen molar-refractivity contribution < 1.29 is 9.59 Å². The molecule has 4 rings (SSSR count). The predicted octanol–water partition coefficient (Wildman–Crippen LogP) is 6.44. The van der Waals surface area contributed by atoms with Crippen molar-refractivity contribution in [1.82, 2.24) is 0 Å². The molecule has 0 bridgehead atoms. The molecular formula is C27H24N2O2S. The summed E-state index contributed by atoms with van der Waals surface area (Å²) in [5.41, 5.74) is 4.41. The molecule has 0 saturated carbocycles. The van der Waals surface area contributed by atoms with Gasteiger partial charge in [0.2, 0.25) is 5.91 Å². The number of hydrogen-bond acceptors (Lipinski definition) is 3. The quantitative estimate of drug-likeness (QED) is 0.339. The number of thioether (sulfide) groups is 1. The largest absolute Gasteiger partial charge is 0.325 e. The molecule has 4 aromatic carbocycles. The van der Waals surface area contributed by atoms with Gasteiger partial charge < -0.3 is 10.6 Å². The zero-order valence-electron chi connectivity index (χ0n) is 18.0.